The fraction of sp³-hybridized carbons (Fsp3) is 0.765. The van der Waals surface area contributed by atoms with Gasteiger partial charge in [-0.25, -0.2) is 4.98 Å². The highest BCUT2D eigenvalue weighted by Gasteiger charge is 2.42. The van der Waals surface area contributed by atoms with Gasteiger partial charge in [0.15, 0.2) is 0 Å². The molecule has 1 unspecified atom stereocenters. The van der Waals surface area contributed by atoms with Crippen LogP contribution in [0.5, 0.6) is 5.88 Å². The van der Waals surface area contributed by atoms with E-state index in [1.54, 1.807) is 0 Å². The van der Waals surface area contributed by atoms with Gasteiger partial charge in [-0.2, -0.15) is 4.98 Å². The van der Waals surface area contributed by atoms with Gasteiger partial charge in [0, 0.05) is 37.3 Å². The number of aliphatic hydroxyl groups excluding tert-OH is 2. The quantitative estimate of drug-likeness (QED) is 0.824. The molecule has 1 aliphatic carbocycles. The second kappa shape index (κ2) is 5.69. The highest BCUT2D eigenvalue weighted by atomic mass is 16.5. The third-order valence-electron chi connectivity index (χ3n) is 5.64. The second-order valence-corrected chi connectivity index (χ2v) is 7.43. The lowest BCUT2D eigenvalue weighted by atomic mass is 9.79. The Bertz CT molecular complexity index is 591. The largest absolute Gasteiger partial charge is 0.472 e. The van der Waals surface area contributed by atoms with Gasteiger partial charge in [0.2, 0.25) is 5.88 Å². The zero-order valence-corrected chi connectivity index (χ0v) is 13.8. The summed E-state index contributed by atoms with van der Waals surface area (Å²) in [6.45, 7) is 6.79. The van der Waals surface area contributed by atoms with Gasteiger partial charge in [0.05, 0.1) is 12.2 Å². The number of hydrogen-bond donors (Lipinski definition) is 2. The van der Waals surface area contributed by atoms with Gasteiger partial charge < -0.3 is 14.9 Å². The smallest absolute Gasteiger partial charge is 0.220 e. The summed E-state index contributed by atoms with van der Waals surface area (Å²) >= 11 is 0. The molecule has 2 fully saturated rings. The molecule has 1 aromatic rings. The molecule has 3 aliphatic rings. The van der Waals surface area contributed by atoms with Crippen molar-refractivity contribution < 1.29 is 14.9 Å². The van der Waals surface area contributed by atoms with E-state index in [1.807, 2.05) is 13.8 Å². The van der Waals surface area contributed by atoms with Crippen LogP contribution in [0.3, 0.4) is 0 Å². The Morgan fingerprint density at radius 3 is 2.39 bits per heavy atom. The first-order valence-electron chi connectivity index (χ1n) is 8.59. The second-order valence-electron chi connectivity index (χ2n) is 7.43. The van der Waals surface area contributed by atoms with Gasteiger partial charge in [-0.15, -0.1) is 0 Å². The van der Waals surface area contributed by atoms with Crippen LogP contribution in [0, 0.1) is 25.7 Å². The van der Waals surface area contributed by atoms with Gasteiger partial charge >= 0.3 is 0 Å². The van der Waals surface area contributed by atoms with E-state index in [9.17, 15) is 10.2 Å². The number of nitrogens with zero attached hydrogens (tertiary/aromatic N) is 3. The van der Waals surface area contributed by atoms with Crippen molar-refractivity contribution in [1.29, 1.82) is 0 Å². The van der Waals surface area contributed by atoms with Gasteiger partial charge in [-0.1, -0.05) is 0 Å². The molecule has 0 aromatic carbocycles. The van der Waals surface area contributed by atoms with Crippen molar-refractivity contribution in [1.82, 2.24) is 14.9 Å². The van der Waals surface area contributed by atoms with Gasteiger partial charge in [0.25, 0.3) is 0 Å². The minimum absolute atomic E-state index is 0.134. The van der Waals surface area contributed by atoms with Crippen LogP contribution in [0.15, 0.2) is 0 Å². The van der Waals surface area contributed by atoms with Crippen molar-refractivity contribution in [3.05, 3.63) is 17.1 Å². The SMILES string of the molecule is Cc1nc(C)c2c(n1)OC(CN1C[C@H]3C[C@H](O)[C@@H](O)C[C@H]3C1)C2. The lowest BCUT2D eigenvalue weighted by molar-refractivity contribution is -0.0372. The maximum Gasteiger partial charge on any atom is 0.220 e. The normalized spacial score (nSPS) is 36.6. The molecule has 2 N–H and O–H groups in total. The minimum Gasteiger partial charge on any atom is -0.472 e. The maximum atomic E-state index is 9.86. The standard InChI is InChI=1S/C17H25N3O3/c1-9-14-5-13(23-17(14)19-10(2)18-9)8-20-6-11-3-15(21)16(22)4-12(11)7-20/h11-13,15-16,21-22H,3-8H2,1-2H3/t11-,12+,13?,15-,16-/m0/s1. The zero-order chi connectivity index (χ0) is 16.1. The van der Waals surface area contributed by atoms with Crippen molar-refractivity contribution in [3.63, 3.8) is 0 Å². The molecule has 126 valence electrons. The highest BCUT2D eigenvalue weighted by molar-refractivity contribution is 5.34. The Balaban J connectivity index is 1.39. The summed E-state index contributed by atoms with van der Waals surface area (Å²) in [7, 11) is 0. The predicted molar refractivity (Wildman–Crippen MR) is 84.3 cm³/mol. The Morgan fingerprint density at radius 2 is 1.74 bits per heavy atom. The summed E-state index contributed by atoms with van der Waals surface area (Å²) in [5, 5.41) is 19.7. The van der Waals surface area contributed by atoms with E-state index in [2.05, 4.69) is 14.9 Å². The fourth-order valence-corrected chi connectivity index (χ4v) is 4.51. The molecule has 0 radical (unpaired) electrons. The summed E-state index contributed by atoms with van der Waals surface area (Å²) in [4.78, 5) is 11.3. The Labute approximate surface area is 136 Å². The van der Waals surface area contributed by atoms with Crippen molar-refractivity contribution in [2.24, 2.45) is 11.8 Å². The monoisotopic (exact) mass is 319 g/mol. The molecule has 1 saturated heterocycles. The third-order valence-corrected chi connectivity index (χ3v) is 5.64. The molecule has 0 spiro atoms. The number of ether oxygens (including phenoxy) is 1. The molecular weight excluding hydrogens is 294 g/mol. The van der Waals surface area contributed by atoms with Crippen molar-refractivity contribution in [3.8, 4) is 5.88 Å². The molecule has 3 heterocycles. The van der Waals surface area contributed by atoms with Crippen molar-refractivity contribution in [2.75, 3.05) is 19.6 Å². The molecular formula is C17H25N3O3. The third kappa shape index (κ3) is 2.84. The maximum absolute atomic E-state index is 9.86. The van der Waals surface area contributed by atoms with Crippen molar-refractivity contribution >= 4 is 0 Å². The molecule has 4 rings (SSSR count). The lowest BCUT2D eigenvalue weighted by Crippen LogP contribution is -2.38. The molecule has 1 saturated carbocycles. The summed E-state index contributed by atoms with van der Waals surface area (Å²) in [5.41, 5.74) is 2.17. The Kier molecular flexibility index (Phi) is 3.78. The van der Waals surface area contributed by atoms with Crippen LogP contribution in [0.25, 0.3) is 0 Å². The fourth-order valence-electron chi connectivity index (χ4n) is 4.51. The van der Waals surface area contributed by atoms with Gasteiger partial charge in [-0.05, 0) is 38.5 Å². The zero-order valence-electron chi connectivity index (χ0n) is 13.8. The summed E-state index contributed by atoms with van der Waals surface area (Å²) in [5.74, 6) is 2.52. The Hall–Kier alpha value is -1.24. The molecule has 0 bridgehead atoms. The van der Waals surface area contributed by atoms with Gasteiger partial charge in [0.1, 0.15) is 11.9 Å². The average molecular weight is 319 g/mol. The first kappa shape index (κ1) is 15.3. The van der Waals surface area contributed by atoms with Crippen LogP contribution < -0.4 is 4.74 Å². The molecule has 6 nitrogen and oxygen atoms in total. The van der Waals surface area contributed by atoms with E-state index in [4.69, 9.17) is 4.74 Å². The van der Waals surface area contributed by atoms with Crippen LogP contribution in [0.2, 0.25) is 0 Å². The number of likely N-dealkylation sites (tertiary alicyclic amines) is 1. The lowest BCUT2D eigenvalue weighted by Gasteiger charge is -2.32. The Morgan fingerprint density at radius 1 is 1.09 bits per heavy atom. The van der Waals surface area contributed by atoms with Gasteiger partial charge in [-0.3, -0.25) is 4.90 Å². The van der Waals surface area contributed by atoms with Crippen LogP contribution in [-0.2, 0) is 6.42 Å². The number of hydrogen-bond acceptors (Lipinski definition) is 6. The first-order valence-corrected chi connectivity index (χ1v) is 8.59. The van der Waals surface area contributed by atoms with E-state index >= 15 is 0 Å². The summed E-state index contributed by atoms with van der Waals surface area (Å²) < 4.78 is 6.03. The van der Waals surface area contributed by atoms with E-state index < -0.39 is 12.2 Å². The molecule has 5 atom stereocenters. The van der Waals surface area contributed by atoms with Crippen LogP contribution in [0.4, 0.5) is 0 Å². The summed E-state index contributed by atoms with van der Waals surface area (Å²) in [6, 6.07) is 0. The first-order chi connectivity index (χ1) is 11.0. The van der Waals surface area contributed by atoms with Crippen molar-refractivity contribution in [2.45, 2.75) is 51.4 Å². The molecule has 2 aliphatic heterocycles. The van der Waals surface area contributed by atoms with E-state index in [1.165, 1.54) is 0 Å². The number of fused-ring (bicyclic) bond motifs is 2. The molecule has 6 heteroatoms. The van der Waals surface area contributed by atoms with Crippen LogP contribution >= 0.6 is 0 Å². The number of aryl methyl sites for hydroxylation is 2. The van der Waals surface area contributed by atoms with Crippen LogP contribution in [0.1, 0.15) is 29.9 Å². The van der Waals surface area contributed by atoms with E-state index in [-0.39, 0.29) is 6.10 Å². The topological polar surface area (TPSA) is 78.7 Å². The molecule has 23 heavy (non-hydrogen) atoms. The van der Waals surface area contributed by atoms with E-state index in [0.717, 1.165) is 61.9 Å². The number of rotatable bonds is 2. The molecule has 0 amide bonds. The van der Waals surface area contributed by atoms with E-state index in [0.29, 0.717) is 11.8 Å². The molecule has 1 aromatic heterocycles. The van der Waals surface area contributed by atoms with Crippen LogP contribution in [-0.4, -0.2) is 63.0 Å². The average Bonchev–Trinajstić information content (AvgIpc) is 3.03. The predicted octanol–water partition coefficient (Wildman–Crippen LogP) is 0.461. The summed E-state index contributed by atoms with van der Waals surface area (Å²) in [6.07, 6.45) is 1.34. The minimum atomic E-state index is -0.552. The highest BCUT2D eigenvalue weighted by Crippen LogP contribution is 2.37. The number of aliphatic hydroxyl groups is 2. The number of aromatic nitrogens is 2.